The van der Waals surface area contributed by atoms with Gasteiger partial charge in [0.25, 0.3) is 0 Å². The molecule has 1 saturated carbocycles. The second-order valence-electron chi connectivity index (χ2n) is 9.00. The number of nitrogens with zero attached hydrogens (tertiary/aromatic N) is 5. The number of hydrogen-bond donors (Lipinski definition) is 1. The first-order chi connectivity index (χ1) is 15.4. The highest BCUT2D eigenvalue weighted by Gasteiger charge is 2.41. The number of sulfone groups is 1. The topological polar surface area (TPSA) is 93.0 Å². The van der Waals surface area contributed by atoms with E-state index in [9.17, 15) is 8.42 Å². The van der Waals surface area contributed by atoms with Crippen molar-refractivity contribution < 1.29 is 8.42 Å². The van der Waals surface area contributed by atoms with Gasteiger partial charge in [-0.2, -0.15) is 5.10 Å². The Hall–Kier alpha value is -2.78. The van der Waals surface area contributed by atoms with Gasteiger partial charge in [0, 0.05) is 38.4 Å². The summed E-state index contributed by atoms with van der Waals surface area (Å²) >= 11 is 0. The summed E-state index contributed by atoms with van der Waals surface area (Å²) in [5, 5.41) is 16.2. The van der Waals surface area contributed by atoms with E-state index in [1.54, 1.807) is 36.4 Å². The molecular formula is C23H28N6O2S. The zero-order valence-electron chi connectivity index (χ0n) is 18.3. The second kappa shape index (κ2) is 8.29. The van der Waals surface area contributed by atoms with E-state index in [1.807, 2.05) is 11.7 Å². The van der Waals surface area contributed by atoms with Crippen molar-refractivity contribution in [2.75, 3.05) is 18.4 Å². The van der Waals surface area contributed by atoms with Gasteiger partial charge in [0.2, 0.25) is 9.84 Å². The third-order valence-electron chi connectivity index (χ3n) is 6.70. The Balaban J connectivity index is 1.17. The Morgan fingerprint density at radius 3 is 2.34 bits per heavy atom. The zero-order chi connectivity index (χ0) is 22.3. The first-order valence-electron chi connectivity index (χ1n) is 11.0. The molecule has 1 aliphatic carbocycles. The summed E-state index contributed by atoms with van der Waals surface area (Å²) in [6.45, 7) is 5.18. The average molecular weight is 453 g/mol. The molecule has 1 unspecified atom stereocenters. The maximum atomic E-state index is 12.7. The van der Waals surface area contributed by atoms with E-state index in [0.717, 1.165) is 38.2 Å². The Morgan fingerprint density at radius 2 is 1.75 bits per heavy atom. The van der Waals surface area contributed by atoms with Gasteiger partial charge in [-0.3, -0.25) is 9.58 Å². The molecule has 3 atom stereocenters. The molecule has 1 aromatic carbocycles. The third kappa shape index (κ3) is 4.14. The summed E-state index contributed by atoms with van der Waals surface area (Å²) in [6, 6.07) is 14.1. The first kappa shape index (κ1) is 21.1. The van der Waals surface area contributed by atoms with Gasteiger partial charge in [-0.1, -0.05) is 18.2 Å². The molecule has 2 aromatic heterocycles. The maximum Gasteiger partial charge on any atom is 0.225 e. The van der Waals surface area contributed by atoms with Crippen molar-refractivity contribution in [3.05, 3.63) is 59.9 Å². The molecule has 1 saturated heterocycles. The van der Waals surface area contributed by atoms with Crippen LogP contribution in [-0.2, 0) is 23.4 Å². The monoisotopic (exact) mass is 452 g/mol. The van der Waals surface area contributed by atoms with E-state index in [-0.39, 0.29) is 9.92 Å². The van der Waals surface area contributed by atoms with Gasteiger partial charge in [-0.25, -0.2) is 8.42 Å². The van der Waals surface area contributed by atoms with Crippen LogP contribution in [0.4, 0.5) is 5.82 Å². The minimum atomic E-state index is -3.64. The molecule has 32 heavy (non-hydrogen) atoms. The van der Waals surface area contributed by atoms with Crippen LogP contribution in [-0.4, -0.2) is 52.4 Å². The van der Waals surface area contributed by atoms with Gasteiger partial charge in [0.1, 0.15) is 5.82 Å². The molecule has 2 fully saturated rings. The van der Waals surface area contributed by atoms with Crippen LogP contribution in [0, 0.1) is 18.8 Å². The van der Waals surface area contributed by atoms with E-state index in [0.29, 0.717) is 23.7 Å². The van der Waals surface area contributed by atoms with Crippen molar-refractivity contribution >= 4 is 15.7 Å². The van der Waals surface area contributed by atoms with Crippen LogP contribution in [0.2, 0.25) is 0 Å². The van der Waals surface area contributed by atoms with Crippen molar-refractivity contribution in [1.82, 2.24) is 24.9 Å². The molecule has 0 radical (unpaired) electrons. The summed E-state index contributed by atoms with van der Waals surface area (Å²) in [5.41, 5.74) is 2.33. The number of anilines is 1. The summed E-state index contributed by atoms with van der Waals surface area (Å²) < 4.78 is 27.3. The van der Waals surface area contributed by atoms with E-state index in [4.69, 9.17) is 0 Å². The molecule has 1 aliphatic heterocycles. The van der Waals surface area contributed by atoms with Crippen LogP contribution in [0.3, 0.4) is 0 Å². The van der Waals surface area contributed by atoms with E-state index >= 15 is 0 Å². The number of hydrogen-bond acceptors (Lipinski definition) is 7. The van der Waals surface area contributed by atoms with Gasteiger partial charge in [0.15, 0.2) is 5.03 Å². The number of fused-ring (bicyclic) bond motifs is 1. The number of aromatic nitrogens is 4. The maximum absolute atomic E-state index is 12.7. The molecule has 9 heteroatoms. The lowest BCUT2D eigenvalue weighted by molar-refractivity contribution is 0.296. The number of aryl methyl sites for hydroxylation is 2. The lowest BCUT2D eigenvalue weighted by atomic mass is 10.0. The second-order valence-corrected chi connectivity index (χ2v) is 10.9. The van der Waals surface area contributed by atoms with Crippen LogP contribution >= 0.6 is 0 Å². The smallest absolute Gasteiger partial charge is 0.225 e. The predicted octanol–water partition coefficient (Wildman–Crippen LogP) is 2.67. The molecule has 3 heterocycles. The fraction of sp³-hybridized carbons (Fsp3) is 0.435. The number of benzene rings is 1. The van der Waals surface area contributed by atoms with Crippen LogP contribution in [0.1, 0.15) is 24.2 Å². The van der Waals surface area contributed by atoms with Crippen LogP contribution < -0.4 is 5.32 Å². The van der Waals surface area contributed by atoms with Crippen molar-refractivity contribution in [2.24, 2.45) is 18.9 Å². The van der Waals surface area contributed by atoms with Crippen molar-refractivity contribution in [2.45, 2.75) is 42.3 Å². The van der Waals surface area contributed by atoms with E-state index in [2.05, 4.69) is 38.5 Å². The Bertz CT molecular complexity index is 1160. The molecule has 3 aromatic rings. The van der Waals surface area contributed by atoms with E-state index < -0.39 is 9.84 Å². The highest BCUT2D eigenvalue weighted by atomic mass is 32.2. The first-order valence-corrected chi connectivity index (χ1v) is 12.5. The Kier molecular flexibility index (Phi) is 5.46. The standard InChI is InChI=1S/C23H28N6O2S/c1-16-10-20(27-28(16)2)15-29-13-17-11-19(12-18(17)14-29)24-22-8-9-23(26-25-22)32(30,31)21-6-4-3-5-7-21/h3-10,17-19H,11-15H2,1-2H3,(H,24,25)/t17-,18+,19?. The fourth-order valence-corrected chi connectivity index (χ4v) is 6.21. The van der Waals surface area contributed by atoms with Crippen molar-refractivity contribution in [3.8, 4) is 0 Å². The molecule has 5 rings (SSSR count). The van der Waals surface area contributed by atoms with Crippen molar-refractivity contribution in [1.29, 1.82) is 0 Å². The molecule has 1 N–H and O–H groups in total. The van der Waals surface area contributed by atoms with Gasteiger partial charge in [0.05, 0.1) is 10.6 Å². The number of likely N-dealkylation sites (tertiary alicyclic amines) is 1. The number of rotatable bonds is 6. The van der Waals surface area contributed by atoms with E-state index in [1.165, 1.54) is 11.8 Å². The molecule has 2 aliphatic rings. The van der Waals surface area contributed by atoms with Crippen LogP contribution in [0.5, 0.6) is 0 Å². The molecule has 0 amide bonds. The molecule has 8 nitrogen and oxygen atoms in total. The van der Waals surface area contributed by atoms with Crippen LogP contribution in [0.15, 0.2) is 58.5 Å². The summed E-state index contributed by atoms with van der Waals surface area (Å²) in [4.78, 5) is 2.74. The molecule has 168 valence electrons. The zero-order valence-corrected chi connectivity index (χ0v) is 19.2. The van der Waals surface area contributed by atoms with Gasteiger partial charge in [-0.15, -0.1) is 10.2 Å². The lowest BCUT2D eigenvalue weighted by Crippen LogP contribution is -2.25. The largest absolute Gasteiger partial charge is 0.366 e. The number of nitrogens with one attached hydrogen (secondary N) is 1. The summed E-state index contributed by atoms with van der Waals surface area (Å²) in [7, 11) is -1.66. The highest BCUT2D eigenvalue weighted by Crippen LogP contribution is 2.39. The van der Waals surface area contributed by atoms with Crippen molar-refractivity contribution in [3.63, 3.8) is 0 Å². The predicted molar refractivity (Wildman–Crippen MR) is 121 cm³/mol. The quantitative estimate of drug-likeness (QED) is 0.615. The molecule has 0 bridgehead atoms. The SMILES string of the molecule is Cc1cc(CN2C[C@H]3CC(Nc4ccc(S(=O)(=O)c5ccccc5)nn4)C[C@H]3C2)nn1C. The average Bonchev–Trinajstić information content (AvgIpc) is 3.42. The lowest BCUT2D eigenvalue weighted by Gasteiger charge is -2.19. The Labute approximate surface area is 188 Å². The minimum absolute atomic E-state index is 0.0297. The Morgan fingerprint density at radius 1 is 1.03 bits per heavy atom. The molecular weight excluding hydrogens is 424 g/mol. The van der Waals surface area contributed by atoms with Gasteiger partial charge >= 0.3 is 0 Å². The van der Waals surface area contributed by atoms with Gasteiger partial charge < -0.3 is 5.32 Å². The summed E-state index contributed by atoms with van der Waals surface area (Å²) in [6.07, 6.45) is 2.18. The highest BCUT2D eigenvalue weighted by molar-refractivity contribution is 7.91. The minimum Gasteiger partial charge on any atom is -0.366 e. The fourth-order valence-electron chi connectivity index (χ4n) is 5.06. The molecule has 0 spiro atoms. The van der Waals surface area contributed by atoms with Crippen LogP contribution in [0.25, 0.3) is 0 Å². The van der Waals surface area contributed by atoms with Gasteiger partial charge in [-0.05, 0) is 61.9 Å². The normalized spacial score (nSPS) is 23.4. The summed E-state index contributed by atoms with van der Waals surface area (Å²) in [5.74, 6) is 1.97. The third-order valence-corrected chi connectivity index (χ3v) is 8.36.